The quantitative estimate of drug-likeness (QED) is 0.661. The van der Waals surface area contributed by atoms with Gasteiger partial charge in [0.05, 0.1) is 12.1 Å². The summed E-state index contributed by atoms with van der Waals surface area (Å²) in [4.78, 5) is 50.0. The second kappa shape index (κ2) is 7.00. The molecule has 2 aliphatic heterocycles. The van der Waals surface area contributed by atoms with E-state index >= 15 is 0 Å². The molecule has 0 saturated carbocycles. The van der Waals surface area contributed by atoms with Gasteiger partial charge in [-0.25, -0.2) is 0 Å². The van der Waals surface area contributed by atoms with Crippen LogP contribution in [-0.2, 0) is 21.5 Å². The van der Waals surface area contributed by atoms with Gasteiger partial charge in [-0.15, -0.1) is 0 Å². The number of hydrogen-bond donors (Lipinski definition) is 1. The Morgan fingerprint density at radius 2 is 1.79 bits per heavy atom. The van der Waals surface area contributed by atoms with Crippen molar-refractivity contribution in [1.29, 1.82) is 0 Å². The van der Waals surface area contributed by atoms with Gasteiger partial charge in [0, 0.05) is 24.1 Å². The first-order chi connectivity index (χ1) is 16.0. The Hall–Kier alpha value is -4.00. The Morgan fingerprint density at radius 3 is 2.61 bits per heavy atom. The van der Waals surface area contributed by atoms with Crippen LogP contribution < -0.4 is 15.2 Å². The van der Waals surface area contributed by atoms with Crippen LogP contribution in [0, 0.1) is 6.92 Å². The molecule has 0 radical (unpaired) electrons. The van der Waals surface area contributed by atoms with Gasteiger partial charge in [0.15, 0.2) is 5.78 Å². The molecule has 1 atom stereocenters. The Bertz CT molecular complexity index is 1420. The largest absolute Gasteiger partial charge is 0.442 e. The molecule has 33 heavy (non-hydrogen) atoms. The number of benzene rings is 2. The molecule has 3 aliphatic rings. The van der Waals surface area contributed by atoms with Crippen molar-refractivity contribution in [3.05, 3.63) is 98.8 Å². The van der Waals surface area contributed by atoms with Crippen molar-refractivity contribution in [3.63, 3.8) is 0 Å². The van der Waals surface area contributed by atoms with Crippen LogP contribution >= 0.6 is 0 Å². The van der Waals surface area contributed by atoms with Crippen molar-refractivity contribution in [2.45, 2.75) is 38.1 Å². The van der Waals surface area contributed by atoms with Crippen molar-refractivity contribution in [3.8, 4) is 5.88 Å². The number of hydrogen-bond acceptors (Lipinski definition) is 5. The fourth-order valence-corrected chi connectivity index (χ4v) is 5.40. The highest BCUT2D eigenvalue weighted by atomic mass is 16.5. The normalized spacial score (nSPS) is 21.1. The molecular weight excluding hydrogens is 418 g/mol. The maximum atomic E-state index is 14.4. The van der Waals surface area contributed by atoms with Crippen molar-refractivity contribution >= 4 is 17.4 Å². The Morgan fingerprint density at radius 1 is 1.03 bits per heavy atom. The van der Waals surface area contributed by atoms with Crippen LogP contribution in [-0.4, -0.2) is 21.7 Å². The van der Waals surface area contributed by atoms with Gasteiger partial charge in [-0.3, -0.25) is 14.4 Å². The molecule has 0 saturated heterocycles. The average Bonchev–Trinajstić information content (AvgIpc) is 3.03. The predicted molar refractivity (Wildman–Crippen MR) is 121 cm³/mol. The number of allylic oxidation sites excluding steroid dienone is 1. The number of aromatic amines is 1. The number of fused-ring (bicyclic) bond motifs is 5. The van der Waals surface area contributed by atoms with Crippen molar-refractivity contribution < 1.29 is 14.3 Å². The number of carbonyl (C=O) groups is 2. The zero-order chi connectivity index (χ0) is 22.7. The molecule has 1 N–H and O–H groups in total. The van der Waals surface area contributed by atoms with E-state index in [0.717, 1.165) is 5.56 Å². The fourth-order valence-electron chi connectivity index (χ4n) is 5.40. The monoisotopic (exact) mass is 439 g/mol. The maximum absolute atomic E-state index is 14.4. The third-order valence-corrected chi connectivity index (χ3v) is 6.69. The van der Waals surface area contributed by atoms with E-state index in [1.807, 2.05) is 54.6 Å². The number of ether oxygens (including phenoxy) is 1. The van der Waals surface area contributed by atoms with E-state index in [2.05, 4.69) is 9.97 Å². The zero-order valence-electron chi connectivity index (χ0n) is 18.1. The highest BCUT2D eigenvalue weighted by molar-refractivity contribution is 6.19. The van der Waals surface area contributed by atoms with Crippen molar-refractivity contribution in [1.82, 2.24) is 9.97 Å². The molecule has 164 valence electrons. The lowest BCUT2D eigenvalue weighted by Gasteiger charge is -2.38. The number of amides is 1. The molecule has 1 amide bonds. The Kier molecular flexibility index (Phi) is 4.17. The lowest BCUT2D eigenvalue weighted by atomic mass is 9.65. The van der Waals surface area contributed by atoms with E-state index in [-0.39, 0.29) is 28.7 Å². The average molecular weight is 439 g/mol. The lowest BCUT2D eigenvalue weighted by molar-refractivity contribution is -0.124. The number of carbonyl (C=O) groups excluding carboxylic acids is 2. The zero-order valence-corrected chi connectivity index (χ0v) is 18.1. The number of ketones is 1. The summed E-state index contributed by atoms with van der Waals surface area (Å²) >= 11 is 0. The maximum Gasteiger partial charge on any atom is 0.259 e. The molecule has 0 fully saturated rings. The standard InChI is InChI=1S/C26H21N3O4/c1-15-27-23(31)22-24(28-15)33-20-13-7-12-19(30)21(20)26(22)17-10-5-6-11-18(17)29(25(26)32)14-16-8-3-2-4-9-16/h2-6,8-11H,7,12-14H2,1H3,(H,27,28,31). The lowest BCUT2D eigenvalue weighted by Crippen LogP contribution is -2.51. The van der Waals surface area contributed by atoms with Crippen molar-refractivity contribution in [2.24, 2.45) is 0 Å². The van der Waals surface area contributed by atoms with E-state index < -0.39 is 11.0 Å². The number of para-hydroxylation sites is 1. The molecule has 3 heterocycles. The highest BCUT2D eigenvalue weighted by Crippen LogP contribution is 2.56. The topological polar surface area (TPSA) is 92.4 Å². The fraction of sp³-hybridized carbons (Fsp3) is 0.231. The van der Waals surface area contributed by atoms with Gasteiger partial charge in [-0.2, -0.15) is 4.98 Å². The molecule has 0 bridgehead atoms. The van der Waals surface area contributed by atoms with Gasteiger partial charge < -0.3 is 14.6 Å². The number of Topliss-reactive ketones (excluding diaryl/α,β-unsaturated/α-hetero) is 1. The molecule has 6 rings (SSSR count). The van der Waals surface area contributed by atoms with Crippen LogP contribution in [0.2, 0.25) is 0 Å². The van der Waals surface area contributed by atoms with E-state index in [4.69, 9.17) is 4.74 Å². The number of aryl methyl sites for hydroxylation is 1. The summed E-state index contributed by atoms with van der Waals surface area (Å²) < 4.78 is 6.03. The van der Waals surface area contributed by atoms with Crippen LogP contribution in [0.3, 0.4) is 0 Å². The van der Waals surface area contributed by atoms with Crippen LogP contribution in [0.5, 0.6) is 5.88 Å². The van der Waals surface area contributed by atoms with Gasteiger partial charge in [0.25, 0.3) is 5.56 Å². The molecule has 2 aromatic carbocycles. The van der Waals surface area contributed by atoms with Gasteiger partial charge in [-0.1, -0.05) is 48.5 Å². The first kappa shape index (κ1) is 19.7. The summed E-state index contributed by atoms with van der Waals surface area (Å²) in [5.74, 6) is 0.456. The van der Waals surface area contributed by atoms with Crippen LogP contribution in [0.15, 0.2) is 70.7 Å². The smallest absolute Gasteiger partial charge is 0.259 e. The summed E-state index contributed by atoms with van der Waals surface area (Å²) in [7, 11) is 0. The number of nitrogens with zero attached hydrogens (tertiary/aromatic N) is 2. The molecule has 3 aromatic rings. The number of rotatable bonds is 2. The summed E-state index contributed by atoms with van der Waals surface area (Å²) in [5, 5.41) is 0. The number of H-pyrrole nitrogens is 1. The van der Waals surface area contributed by atoms with Gasteiger partial charge in [0.2, 0.25) is 11.8 Å². The third kappa shape index (κ3) is 2.62. The summed E-state index contributed by atoms with van der Waals surface area (Å²) in [6.45, 7) is 1.99. The van der Waals surface area contributed by atoms with Crippen LogP contribution in [0.25, 0.3) is 0 Å². The molecule has 1 aliphatic carbocycles. The Labute approximate surface area is 189 Å². The SMILES string of the molecule is Cc1nc2c(c(=O)[nH]1)C1(C(=O)N(Cc3ccccc3)c3ccccc31)C1=C(CCCC1=O)O2. The second-order valence-corrected chi connectivity index (χ2v) is 8.65. The summed E-state index contributed by atoms with van der Waals surface area (Å²) in [5.41, 5.74) is 0.594. The van der Waals surface area contributed by atoms with Crippen molar-refractivity contribution in [2.75, 3.05) is 4.90 Å². The molecule has 1 spiro atoms. The minimum atomic E-state index is -1.57. The van der Waals surface area contributed by atoms with Crippen LogP contribution in [0.1, 0.15) is 41.8 Å². The van der Waals surface area contributed by atoms with E-state index in [0.29, 0.717) is 48.6 Å². The third-order valence-electron chi connectivity index (χ3n) is 6.69. The molecule has 7 nitrogen and oxygen atoms in total. The van der Waals surface area contributed by atoms with E-state index in [1.54, 1.807) is 11.8 Å². The van der Waals surface area contributed by atoms with Gasteiger partial charge in [-0.05, 0) is 25.0 Å². The number of aromatic nitrogens is 2. The Balaban J connectivity index is 1.68. The number of anilines is 1. The second-order valence-electron chi connectivity index (χ2n) is 8.65. The van der Waals surface area contributed by atoms with Crippen LogP contribution in [0.4, 0.5) is 5.69 Å². The highest BCUT2D eigenvalue weighted by Gasteiger charge is 2.62. The van der Waals surface area contributed by atoms with E-state index in [9.17, 15) is 14.4 Å². The minimum absolute atomic E-state index is 0.0927. The molecule has 1 aromatic heterocycles. The van der Waals surface area contributed by atoms with Gasteiger partial charge in [0.1, 0.15) is 22.6 Å². The summed E-state index contributed by atoms with van der Waals surface area (Å²) in [6, 6.07) is 17.1. The minimum Gasteiger partial charge on any atom is -0.442 e. The predicted octanol–water partition coefficient (Wildman–Crippen LogP) is 3.31. The summed E-state index contributed by atoms with van der Waals surface area (Å²) in [6.07, 6.45) is 1.46. The number of nitrogens with one attached hydrogen (secondary N) is 1. The molecular formula is C26H21N3O4. The van der Waals surface area contributed by atoms with Gasteiger partial charge >= 0.3 is 0 Å². The first-order valence-corrected chi connectivity index (χ1v) is 11.0. The molecule has 7 heteroatoms. The van der Waals surface area contributed by atoms with E-state index in [1.165, 1.54) is 0 Å². The molecule has 1 unspecified atom stereocenters. The first-order valence-electron chi connectivity index (χ1n) is 11.0.